The molecule has 6 nitrogen and oxygen atoms in total. The van der Waals surface area contributed by atoms with Gasteiger partial charge in [-0.25, -0.2) is 4.79 Å². The van der Waals surface area contributed by atoms with Crippen molar-refractivity contribution in [3.05, 3.63) is 0 Å². The van der Waals surface area contributed by atoms with Gasteiger partial charge in [0.15, 0.2) is 0 Å². The molecule has 0 saturated carbocycles. The van der Waals surface area contributed by atoms with Gasteiger partial charge in [0.1, 0.15) is 0 Å². The van der Waals surface area contributed by atoms with Crippen molar-refractivity contribution in [2.24, 2.45) is 11.1 Å². The Balaban J connectivity index is 1.88. The lowest BCUT2D eigenvalue weighted by atomic mass is 9.86. The van der Waals surface area contributed by atoms with Crippen LogP contribution in [0.3, 0.4) is 0 Å². The molecule has 0 unspecified atom stereocenters. The first kappa shape index (κ1) is 15.1. The molecule has 0 aromatic heterocycles. The first-order chi connectivity index (χ1) is 9.30. The van der Waals surface area contributed by atoms with Crippen molar-refractivity contribution in [2.75, 3.05) is 26.2 Å². The van der Waals surface area contributed by atoms with E-state index in [1.807, 2.05) is 30.6 Å². The molecule has 114 valence electrons. The summed E-state index contributed by atoms with van der Waals surface area (Å²) in [6.45, 7) is 8.84. The van der Waals surface area contributed by atoms with Gasteiger partial charge in [0.2, 0.25) is 5.91 Å². The number of hydrogen-bond donors (Lipinski definition) is 2. The van der Waals surface area contributed by atoms with Crippen LogP contribution in [0.2, 0.25) is 0 Å². The van der Waals surface area contributed by atoms with Crippen molar-refractivity contribution in [3.8, 4) is 0 Å². The van der Waals surface area contributed by atoms with Crippen LogP contribution in [0.4, 0.5) is 4.79 Å². The largest absolute Gasteiger partial charge is 0.341 e. The number of nitrogens with zero attached hydrogens (tertiary/aromatic N) is 2. The van der Waals surface area contributed by atoms with E-state index in [2.05, 4.69) is 5.32 Å². The Morgan fingerprint density at radius 2 is 1.90 bits per heavy atom. The zero-order valence-corrected chi connectivity index (χ0v) is 12.7. The smallest absolute Gasteiger partial charge is 0.317 e. The minimum atomic E-state index is -0.464. The molecule has 0 aliphatic carbocycles. The Kier molecular flexibility index (Phi) is 4.22. The second-order valence-electron chi connectivity index (χ2n) is 6.83. The second-order valence-corrected chi connectivity index (χ2v) is 6.83. The van der Waals surface area contributed by atoms with Crippen LogP contribution in [0.25, 0.3) is 0 Å². The number of nitrogens with one attached hydrogen (secondary N) is 1. The molecule has 3 N–H and O–H groups in total. The minimum absolute atomic E-state index is 0.0289. The van der Waals surface area contributed by atoms with Crippen LogP contribution in [0.15, 0.2) is 0 Å². The van der Waals surface area contributed by atoms with Gasteiger partial charge in [0, 0.05) is 32.2 Å². The fourth-order valence-corrected chi connectivity index (χ4v) is 2.80. The SMILES string of the molecule is CC(C)(C)[C@H](N)C(=O)N1CCC(N2CCNC2=O)CC1. The van der Waals surface area contributed by atoms with Crippen molar-refractivity contribution in [3.63, 3.8) is 0 Å². The molecule has 0 spiro atoms. The van der Waals surface area contributed by atoms with E-state index in [-0.39, 0.29) is 23.4 Å². The van der Waals surface area contributed by atoms with Crippen molar-refractivity contribution >= 4 is 11.9 Å². The van der Waals surface area contributed by atoms with Crippen LogP contribution >= 0.6 is 0 Å². The number of nitrogens with two attached hydrogens (primary N) is 1. The van der Waals surface area contributed by atoms with Crippen LogP contribution in [-0.2, 0) is 4.79 Å². The highest BCUT2D eigenvalue weighted by atomic mass is 16.2. The summed E-state index contributed by atoms with van der Waals surface area (Å²) in [5.74, 6) is 0.0295. The van der Waals surface area contributed by atoms with Crippen LogP contribution in [0.5, 0.6) is 0 Å². The molecule has 2 fully saturated rings. The van der Waals surface area contributed by atoms with E-state index in [1.165, 1.54) is 0 Å². The Morgan fingerprint density at radius 3 is 2.35 bits per heavy atom. The monoisotopic (exact) mass is 282 g/mol. The summed E-state index contributed by atoms with van der Waals surface area (Å²) in [5.41, 5.74) is 5.82. The number of likely N-dealkylation sites (tertiary alicyclic amines) is 1. The van der Waals surface area contributed by atoms with Crippen molar-refractivity contribution in [1.29, 1.82) is 0 Å². The number of piperidine rings is 1. The molecule has 1 atom stereocenters. The van der Waals surface area contributed by atoms with E-state index in [0.29, 0.717) is 13.1 Å². The molecule has 0 bridgehead atoms. The number of carbonyl (C=O) groups is 2. The van der Waals surface area contributed by atoms with Gasteiger partial charge in [-0.15, -0.1) is 0 Å². The summed E-state index contributed by atoms with van der Waals surface area (Å²) < 4.78 is 0. The maximum atomic E-state index is 12.3. The third-order valence-electron chi connectivity index (χ3n) is 4.31. The topological polar surface area (TPSA) is 78.7 Å². The fourth-order valence-electron chi connectivity index (χ4n) is 2.80. The average Bonchev–Trinajstić information content (AvgIpc) is 2.82. The summed E-state index contributed by atoms with van der Waals surface area (Å²) in [6.07, 6.45) is 1.69. The minimum Gasteiger partial charge on any atom is -0.341 e. The zero-order valence-electron chi connectivity index (χ0n) is 12.7. The maximum absolute atomic E-state index is 12.3. The quantitative estimate of drug-likeness (QED) is 0.768. The van der Waals surface area contributed by atoms with E-state index in [1.54, 1.807) is 0 Å². The average molecular weight is 282 g/mol. The summed E-state index contributed by atoms with van der Waals surface area (Å²) >= 11 is 0. The fraction of sp³-hybridized carbons (Fsp3) is 0.857. The molecule has 20 heavy (non-hydrogen) atoms. The molecule has 2 saturated heterocycles. The van der Waals surface area contributed by atoms with Crippen LogP contribution in [-0.4, -0.2) is 60.0 Å². The maximum Gasteiger partial charge on any atom is 0.317 e. The zero-order chi connectivity index (χ0) is 14.9. The number of rotatable bonds is 2. The lowest BCUT2D eigenvalue weighted by Crippen LogP contribution is -2.54. The Bertz CT molecular complexity index is 383. The van der Waals surface area contributed by atoms with E-state index >= 15 is 0 Å². The summed E-state index contributed by atoms with van der Waals surface area (Å²) in [7, 11) is 0. The third-order valence-corrected chi connectivity index (χ3v) is 4.31. The molecule has 6 heteroatoms. The van der Waals surface area contributed by atoms with Gasteiger partial charge in [0.25, 0.3) is 0 Å². The normalized spacial score (nSPS) is 22.9. The molecule has 2 heterocycles. The predicted molar refractivity (Wildman–Crippen MR) is 77.1 cm³/mol. The number of urea groups is 1. The standard InChI is InChI=1S/C14H26N4O2/c1-14(2,3)11(15)12(19)17-7-4-10(5-8-17)18-9-6-16-13(18)20/h10-11H,4-9,15H2,1-3H3,(H,16,20)/t11-/m1/s1. The summed E-state index contributed by atoms with van der Waals surface area (Å²) in [5, 5.41) is 2.83. The summed E-state index contributed by atoms with van der Waals surface area (Å²) in [4.78, 5) is 27.7. The number of hydrogen-bond acceptors (Lipinski definition) is 3. The third kappa shape index (κ3) is 3.06. The van der Waals surface area contributed by atoms with Crippen molar-refractivity contribution in [1.82, 2.24) is 15.1 Å². The molecular weight excluding hydrogens is 256 g/mol. The van der Waals surface area contributed by atoms with Crippen molar-refractivity contribution in [2.45, 2.75) is 45.7 Å². The number of amides is 3. The molecule has 0 aromatic carbocycles. The first-order valence-electron chi connectivity index (χ1n) is 7.39. The molecular formula is C14H26N4O2. The second kappa shape index (κ2) is 5.60. The van der Waals surface area contributed by atoms with E-state index in [4.69, 9.17) is 5.73 Å². The highest BCUT2D eigenvalue weighted by Crippen LogP contribution is 2.23. The van der Waals surface area contributed by atoms with Crippen molar-refractivity contribution < 1.29 is 9.59 Å². The Morgan fingerprint density at radius 1 is 1.30 bits per heavy atom. The molecule has 0 radical (unpaired) electrons. The lowest BCUT2D eigenvalue weighted by Gasteiger charge is -2.38. The van der Waals surface area contributed by atoms with Gasteiger partial charge < -0.3 is 20.9 Å². The van der Waals surface area contributed by atoms with Gasteiger partial charge in [-0.3, -0.25) is 4.79 Å². The van der Waals surface area contributed by atoms with Gasteiger partial charge in [0.05, 0.1) is 6.04 Å². The van der Waals surface area contributed by atoms with Gasteiger partial charge in [-0.1, -0.05) is 20.8 Å². The molecule has 3 amide bonds. The Hall–Kier alpha value is -1.30. The molecule has 0 aromatic rings. The highest BCUT2D eigenvalue weighted by Gasteiger charge is 2.35. The van der Waals surface area contributed by atoms with E-state index in [0.717, 1.165) is 25.9 Å². The number of carbonyl (C=O) groups excluding carboxylic acids is 2. The van der Waals surface area contributed by atoms with Crippen LogP contribution < -0.4 is 11.1 Å². The molecule has 2 aliphatic heterocycles. The Labute approximate surface area is 120 Å². The molecule has 2 aliphatic rings. The van der Waals surface area contributed by atoms with E-state index < -0.39 is 6.04 Å². The van der Waals surface area contributed by atoms with Crippen LogP contribution in [0.1, 0.15) is 33.6 Å². The first-order valence-corrected chi connectivity index (χ1v) is 7.39. The van der Waals surface area contributed by atoms with E-state index in [9.17, 15) is 9.59 Å². The predicted octanol–water partition coefficient (Wildman–Crippen LogP) is 0.376. The van der Waals surface area contributed by atoms with Gasteiger partial charge in [-0.05, 0) is 18.3 Å². The van der Waals surface area contributed by atoms with Gasteiger partial charge in [-0.2, -0.15) is 0 Å². The highest BCUT2D eigenvalue weighted by molar-refractivity contribution is 5.82. The van der Waals surface area contributed by atoms with Gasteiger partial charge >= 0.3 is 6.03 Å². The molecule has 2 rings (SSSR count). The lowest BCUT2D eigenvalue weighted by molar-refractivity contribution is -0.136. The summed E-state index contributed by atoms with van der Waals surface area (Å²) in [6, 6.07) is -0.178. The van der Waals surface area contributed by atoms with Crippen LogP contribution in [0, 0.1) is 5.41 Å².